The molecule has 2 aliphatic rings. The molecular weight excluding hydrogens is 274 g/mol. The second-order valence-electron chi connectivity index (χ2n) is 5.14. The third-order valence-electron chi connectivity index (χ3n) is 3.80. The zero-order valence-corrected chi connectivity index (χ0v) is 13.1. The number of piperidine rings is 1. The van der Waals surface area contributed by atoms with Gasteiger partial charge in [-0.15, -0.1) is 11.8 Å². The Labute approximate surface area is 126 Å². The van der Waals surface area contributed by atoms with Crippen LogP contribution < -0.4 is 0 Å². The number of fused-ring (bicyclic) bond motifs is 1. The summed E-state index contributed by atoms with van der Waals surface area (Å²) in [6, 6.07) is 0. The number of halogens is 1. The highest BCUT2D eigenvalue weighted by atomic mass is 35.5. The average Bonchev–Trinajstić information content (AvgIpc) is 2.44. The first-order valence-electron chi connectivity index (χ1n) is 6.91. The highest BCUT2D eigenvalue weighted by Gasteiger charge is 2.30. The number of hydrogen-bond donors (Lipinski definition) is 0. The van der Waals surface area contributed by atoms with Gasteiger partial charge in [0.1, 0.15) is 0 Å². The van der Waals surface area contributed by atoms with E-state index in [1.54, 1.807) is 0 Å². The van der Waals surface area contributed by atoms with E-state index in [2.05, 4.69) is 23.0 Å². The Morgan fingerprint density at radius 1 is 1.58 bits per heavy atom. The normalized spacial score (nSPS) is 29.2. The van der Waals surface area contributed by atoms with Crippen LogP contribution in [0.25, 0.3) is 0 Å². The van der Waals surface area contributed by atoms with Crippen molar-refractivity contribution in [1.82, 2.24) is 4.90 Å². The first-order valence-corrected chi connectivity index (χ1v) is 8.23. The lowest BCUT2D eigenvalue weighted by Crippen LogP contribution is -2.43. The Bertz CT molecular complexity index is 411. The summed E-state index contributed by atoms with van der Waals surface area (Å²) in [7, 11) is 0. The van der Waals surface area contributed by atoms with Crippen LogP contribution in [0.1, 0.15) is 19.8 Å². The lowest BCUT2D eigenvalue weighted by molar-refractivity contribution is 0.195. The fourth-order valence-electron chi connectivity index (χ4n) is 2.75. The molecule has 1 saturated heterocycles. The summed E-state index contributed by atoms with van der Waals surface area (Å²) in [5.41, 5.74) is 1.14. The number of hydrogen-bond acceptors (Lipinski definition) is 2. The Hall–Kier alpha value is -0.440. The lowest BCUT2D eigenvalue weighted by atomic mass is 9.93. The van der Waals surface area contributed by atoms with E-state index in [1.807, 2.05) is 36.9 Å². The van der Waals surface area contributed by atoms with Crippen molar-refractivity contribution >= 4 is 23.4 Å². The van der Waals surface area contributed by atoms with E-state index in [4.69, 9.17) is 11.6 Å². The molecule has 0 aromatic heterocycles. The molecule has 2 rings (SSSR count). The molecule has 3 heteroatoms. The molecule has 0 radical (unpaired) electrons. The lowest BCUT2D eigenvalue weighted by Gasteiger charge is -2.39. The Morgan fingerprint density at radius 3 is 3.16 bits per heavy atom. The van der Waals surface area contributed by atoms with E-state index in [0.29, 0.717) is 0 Å². The minimum Gasteiger partial charge on any atom is -0.299 e. The molecule has 0 amide bonds. The smallest absolute Gasteiger partial charge is 0.0447 e. The third-order valence-corrected chi connectivity index (χ3v) is 5.49. The summed E-state index contributed by atoms with van der Waals surface area (Å²) in [6.07, 6.45) is 10.6. The summed E-state index contributed by atoms with van der Waals surface area (Å²) in [6.45, 7) is 9.15. The van der Waals surface area contributed by atoms with Crippen molar-refractivity contribution in [2.45, 2.75) is 25.0 Å². The largest absolute Gasteiger partial charge is 0.299 e. The standard InChI is InChI=1S/C16H22ClNS/c1-3-6-15(17)13(4-2)11-18-9-8-16-14(12-18)7-5-10-19-16/h3-6,10,14,16H,2,7-9,11-12H2,1H3. The van der Waals surface area contributed by atoms with Gasteiger partial charge in [-0.1, -0.05) is 36.4 Å². The van der Waals surface area contributed by atoms with E-state index in [1.165, 1.54) is 25.9 Å². The molecule has 0 aromatic rings. The number of nitrogens with zero attached hydrogens (tertiary/aromatic N) is 1. The van der Waals surface area contributed by atoms with Gasteiger partial charge in [-0.2, -0.15) is 0 Å². The minimum atomic E-state index is 0.801. The van der Waals surface area contributed by atoms with Crippen molar-refractivity contribution in [1.29, 1.82) is 0 Å². The molecule has 0 bridgehead atoms. The van der Waals surface area contributed by atoms with Gasteiger partial charge in [0.15, 0.2) is 0 Å². The van der Waals surface area contributed by atoms with Gasteiger partial charge in [-0.25, -0.2) is 0 Å². The molecule has 0 aliphatic carbocycles. The maximum atomic E-state index is 6.28. The van der Waals surface area contributed by atoms with Crippen LogP contribution in [0, 0.1) is 5.92 Å². The zero-order chi connectivity index (χ0) is 13.7. The SMILES string of the molecule is C=CC(CN1CCC2SC=CCC2C1)=C(Cl)C=CC. The van der Waals surface area contributed by atoms with Crippen molar-refractivity contribution in [3.05, 3.63) is 46.9 Å². The molecule has 1 nitrogen and oxygen atoms in total. The summed E-state index contributed by atoms with van der Waals surface area (Å²) in [5, 5.41) is 3.91. The first kappa shape index (κ1) is 15.0. The van der Waals surface area contributed by atoms with Gasteiger partial charge in [-0.3, -0.25) is 4.90 Å². The molecule has 0 N–H and O–H groups in total. The maximum Gasteiger partial charge on any atom is 0.0447 e. The van der Waals surface area contributed by atoms with Crippen LogP contribution >= 0.6 is 23.4 Å². The first-order chi connectivity index (χ1) is 9.24. The van der Waals surface area contributed by atoms with Crippen LogP contribution in [0.15, 0.2) is 46.9 Å². The van der Waals surface area contributed by atoms with Crippen LogP contribution in [0.5, 0.6) is 0 Å². The zero-order valence-electron chi connectivity index (χ0n) is 11.5. The van der Waals surface area contributed by atoms with E-state index in [-0.39, 0.29) is 0 Å². The number of allylic oxidation sites excluding steroid dienone is 4. The number of likely N-dealkylation sites (tertiary alicyclic amines) is 1. The molecule has 0 saturated carbocycles. The molecule has 1 fully saturated rings. The number of thioether (sulfide) groups is 1. The van der Waals surface area contributed by atoms with E-state index >= 15 is 0 Å². The van der Waals surface area contributed by atoms with E-state index in [0.717, 1.165) is 28.3 Å². The predicted molar refractivity (Wildman–Crippen MR) is 87.6 cm³/mol. The third kappa shape index (κ3) is 4.01. The molecule has 2 heterocycles. The van der Waals surface area contributed by atoms with Crippen molar-refractivity contribution in [3.63, 3.8) is 0 Å². The van der Waals surface area contributed by atoms with Gasteiger partial charge in [0.2, 0.25) is 0 Å². The van der Waals surface area contributed by atoms with Crippen molar-refractivity contribution in [3.8, 4) is 0 Å². The van der Waals surface area contributed by atoms with Gasteiger partial charge in [0.25, 0.3) is 0 Å². The van der Waals surface area contributed by atoms with Crippen LogP contribution in [0.2, 0.25) is 0 Å². The molecule has 2 unspecified atom stereocenters. The molecular formula is C16H22ClNS. The second-order valence-corrected chi connectivity index (χ2v) is 6.70. The van der Waals surface area contributed by atoms with Gasteiger partial charge < -0.3 is 0 Å². The van der Waals surface area contributed by atoms with Crippen molar-refractivity contribution in [2.75, 3.05) is 19.6 Å². The molecule has 0 aromatic carbocycles. The van der Waals surface area contributed by atoms with Crippen LogP contribution in [-0.2, 0) is 0 Å². The Balaban J connectivity index is 1.98. The molecule has 104 valence electrons. The molecule has 2 atom stereocenters. The highest BCUT2D eigenvalue weighted by molar-refractivity contribution is 8.02. The molecule has 19 heavy (non-hydrogen) atoms. The van der Waals surface area contributed by atoms with Crippen molar-refractivity contribution in [2.24, 2.45) is 5.92 Å². The van der Waals surface area contributed by atoms with Gasteiger partial charge >= 0.3 is 0 Å². The Kier molecular flexibility index (Phi) is 5.80. The molecule has 0 spiro atoms. The van der Waals surface area contributed by atoms with Gasteiger partial charge in [0, 0.05) is 23.4 Å². The maximum absolute atomic E-state index is 6.28. The number of rotatable bonds is 4. The quantitative estimate of drug-likeness (QED) is 0.698. The highest BCUT2D eigenvalue weighted by Crippen LogP contribution is 2.35. The van der Waals surface area contributed by atoms with Crippen LogP contribution in [0.3, 0.4) is 0 Å². The Morgan fingerprint density at radius 2 is 2.42 bits per heavy atom. The topological polar surface area (TPSA) is 3.24 Å². The van der Waals surface area contributed by atoms with Gasteiger partial charge in [0.05, 0.1) is 0 Å². The summed E-state index contributed by atoms with van der Waals surface area (Å²) < 4.78 is 0. The summed E-state index contributed by atoms with van der Waals surface area (Å²) >= 11 is 8.29. The fourth-order valence-corrected chi connectivity index (χ4v) is 4.10. The average molecular weight is 296 g/mol. The summed E-state index contributed by atoms with van der Waals surface area (Å²) in [4.78, 5) is 2.52. The van der Waals surface area contributed by atoms with Crippen LogP contribution in [0.4, 0.5) is 0 Å². The van der Waals surface area contributed by atoms with Crippen molar-refractivity contribution < 1.29 is 0 Å². The summed E-state index contributed by atoms with van der Waals surface area (Å²) in [5.74, 6) is 0.801. The van der Waals surface area contributed by atoms with Crippen LogP contribution in [-0.4, -0.2) is 29.8 Å². The monoisotopic (exact) mass is 295 g/mol. The van der Waals surface area contributed by atoms with E-state index in [9.17, 15) is 0 Å². The molecule has 2 aliphatic heterocycles. The fraction of sp³-hybridized carbons (Fsp3) is 0.500. The predicted octanol–water partition coefficient (Wildman–Crippen LogP) is 4.58. The minimum absolute atomic E-state index is 0.801. The van der Waals surface area contributed by atoms with Gasteiger partial charge in [-0.05, 0) is 49.3 Å². The van der Waals surface area contributed by atoms with E-state index < -0.39 is 0 Å². The second kappa shape index (κ2) is 7.37.